The maximum Gasteiger partial charge on any atom is 0.329 e. The molecule has 2 aliphatic heterocycles. The van der Waals surface area contributed by atoms with Gasteiger partial charge < -0.3 is 20.1 Å². The Labute approximate surface area is 119 Å². The number of carboxylic acid groups (broad SMARTS) is 1. The number of rotatable bonds is 2. The van der Waals surface area contributed by atoms with E-state index in [-0.39, 0.29) is 11.4 Å². The van der Waals surface area contributed by atoms with Crippen LogP contribution in [0.15, 0.2) is 0 Å². The number of nitrogens with one attached hydrogen (secondary N) is 1. The lowest BCUT2D eigenvalue weighted by atomic mass is 9.83. The second-order valence-electron chi connectivity index (χ2n) is 6.58. The number of aliphatic carboxylic acids is 1. The Kier molecular flexibility index (Phi) is 4.22. The largest absolute Gasteiger partial charge is 0.480 e. The number of ether oxygens (including phenoxy) is 1. The Balaban J connectivity index is 1.97. The molecule has 2 heterocycles. The molecule has 0 atom stereocenters. The van der Waals surface area contributed by atoms with Crippen molar-refractivity contribution in [3.05, 3.63) is 0 Å². The number of hydrogen-bond acceptors (Lipinski definition) is 3. The predicted octanol–water partition coefficient (Wildman–Crippen LogP) is 1.45. The van der Waals surface area contributed by atoms with Crippen molar-refractivity contribution in [3.63, 3.8) is 0 Å². The minimum Gasteiger partial charge on any atom is -0.480 e. The van der Waals surface area contributed by atoms with Gasteiger partial charge in [0.25, 0.3) is 0 Å². The molecule has 0 spiro atoms. The lowest BCUT2D eigenvalue weighted by Gasteiger charge is -2.40. The third kappa shape index (κ3) is 3.23. The topological polar surface area (TPSA) is 78.9 Å². The first-order chi connectivity index (χ1) is 9.35. The van der Waals surface area contributed by atoms with E-state index < -0.39 is 11.5 Å². The van der Waals surface area contributed by atoms with Crippen LogP contribution in [-0.2, 0) is 9.53 Å². The quantitative estimate of drug-likeness (QED) is 0.804. The second kappa shape index (κ2) is 5.60. The minimum atomic E-state index is -1.16. The third-order valence-corrected chi connectivity index (χ3v) is 4.51. The molecule has 0 aromatic rings. The molecule has 6 nitrogen and oxygen atoms in total. The standard InChI is InChI=1S/C14H24N2O4/c1-13(2)3-7-16(8-4-13)12(19)15-14(11(17)18)5-9-20-10-6-14/h3-10H2,1-2H3,(H,15,19)(H,17,18). The van der Waals surface area contributed by atoms with Crippen molar-refractivity contribution < 1.29 is 19.4 Å². The molecule has 0 saturated carbocycles. The summed E-state index contributed by atoms with van der Waals surface area (Å²) in [6.45, 7) is 6.51. The van der Waals surface area contributed by atoms with E-state index >= 15 is 0 Å². The van der Waals surface area contributed by atoms with Crippen molar-refractivity contribution >= 4 is 12.0 Å². The average Bonchev–Trinajstić information content (AvgIpc) is 2.39. The van der Waals surface area contributed by atoms with E-state index in [0.717, 1.165) is 12.8 Å². The molecule has 2 aliphatic rings. The van der Waals surface area contributed by atoms with Crippen molar-refractivity contribution in [2.75, 3.05) is 26.3 Å². The summed E-state index contributed by atoms with van der Waals surface area (Å²) in [5.41, 5.74) is -0.901. The Hall–Kier alpha value is -1.30. The lowest BCUT2D eigenvalue weighted by Crippen LogP contribution is -2.61. The number of amides is 2. The molecule has 2 saturated heterocycles. The van der Waals surface area contributed by atoms with Gasteiger partial charge in [-0.1, -0.05) is 13.8 Å². The number of carboxylic acids is 1. The summed E-state index contributed by atoms with van der Waals surface area (Å²) < 4.78 is 5.20. The van der Waals surface area contributed by atoms with E-state index in [1.807, 2.05) is 0 Å². The summed E-state index contributed by atoms with van der Waals surface area (Å²) in [4.78, 5) is 25.5. The highest BCUT2D eigenvalue weighted by molar-refractivity contribution is 5.86. The van der Waals surface area contributed by atoms with E-state index in [2.05, 4.69) is 19.2 Å². The first-order valence-electron chi connectivity index (χ1n) is 7.23. The Morgan fingerprint density at radius 2 is 1.65 bits per heavy atom. The van der Waals surface area contributed by atoms with Gasteiger partial charge in [0, 0.05) is 39.1 Å². The van der Waals surface area contributed by atoms with Gasteiger partial charge in [-0.15, -0.1) is 0 Å². The van der Waals surface area contributed by atoms with Gasteiger partial charge in [0.1, 0.15) is 5.54 Å². The van der Waals surface area contributed by atoms with Gasteiger partial charge in [-0.3, -0.25) is 0 Å². The zero-order chi connectivity index (χ0) is 14.8. The predicted molar refractivity (Wildman–Crippen MR) is 73.5 cm³/mol. The van der Waals surface area contributed by atoms with Gasteiger partial charge in [0.15, 0.2) is 0 Å². The highest BCUT2D eigenvalue weighted by Crippen LogP contribution is 2.30. The minimum absolute atomic E-state index is 0.259. The zero-order valence-corrected chi connectivity index (χ0v) is 12.3. The average molecular weight is 284 g/mol. The summed E-state index contributed by atoms with van der Waals surface area (Å²) >= 11 is 0. The first-order valence-corrected chi connectivity index (χ1v) is 7.23. The third-order valence-electron chi connectivity index (χ3n) is 4.51. The molecular weight excluding hydrogens is 260 g/mol. The number of hydrogen-bond donors (Lipinski definition) is 2. The van der Waals surface area contributed by atoms with Crippen molar-refractivity contribution in [2.24, 2.45) is 5.41 Å². The van der Waals surface area contributed by atoms with Crippen molar-refractivity contribution in [1.29, 1.82) is 0 Å². The van der Waals surface area contributed by atoms with Crippen molar-refractivity contribution in [3.8, 4) is 0 Å². The molecule has 6 heteroatoms. The summed E-state index contributed by atoms with van der Waals surface area (Å²) in [6.07, 6.45) is 2.55. The van der Waals surface area contributed by atoms with Crippen LogP contribution in [0.1, 0.15) is 39.5 Å². The van der Waals surface area contributed by atoms with Crippen LogP contribution in [-0.4, -0.2) is 53.8 Å². The van der Waals surface area contributed by atoms with Gasteiger partial charge in [0.05, 0.1) is 0 Å². The number of carbonyl (C=O) groups is 2. The van der Waals surface area contributed by atoms with Crippen LogP contribution in [0.25, 0.3) is 0 Å². The van der Waals surface area contributed by atoms with Crippen LogP contribution in [0.2, 0.25) is 0 Å². The molecule has 0 aliphatic carbocycles. The van der Waals surface area contributed by atoms with E-state index in [0.29, 0.717) is 39.1 Å². The first kappa shape index (κ1) is 15.1. The van der Waals surface area contributed by atoms with E-state index in [1.54, 1.807) is 4.90 Å². The fraction of sp³-hybridized carbons (Fsp3) is 0.857. The zero-order valence-electron chi connectivity index (χ0n) is 12.3. The van der Waals surface area contributed by atoms with Crippen molar-refractivity contribution in [2.45, 2.75) is 45.1 Å². The highest BCUT2D eigenvalue weighted by Gasteiger charge is 2.43. The van der Waals surface area contributed by atoms with Gasteiger partial charge in [-0.2, -0.15) is 0 Å². The summed E-state index contributed by atoms with van der Waals surface area (Å²) in [6, 6.07) is -0.259. The highest BCUT2D eigenvalue weighted by atomic mass is 16.5. The smallest absolute Gasteiger partial charge is 0.329 e. The van der Waals surface area contributed by atoms with Gasteiger partial charge >= 0.3 is 12.0 Å². The number of piperidine rings is 1. The monoisotopic (exact) mass is 284 g/mol. The number of carbonyl (C=O) groups excluding carboxylic acids is 1. The Morgan fingerprint density at radius 3 is 2.15 bits per heavy atom. The van der Waals surface area contributed by atoms with Crippen molar-refractivity contribution in [1.82, 2.24) is 10.2 Å². The van der Waals surface area contributed by atoms with Gasteiger partial charge in [-0.05, 0) is 18.3 Å². The molecule has 20 heavy (non-hydrogen) atoms. The van der Waals surface area contributed by atoms with Crippen LogP contribution < -0.4 is 5.32 Å². The van der Waals surface area contributed by atoms with Crippen LogP contribution in [0.5, 0.6) is 0 Å². The van der Waals surface area contributed by atoms with Crippen LogP contribution >= 0.6 is 0 Å². The fourth-order valence-corrected chi connectivity index (χ4v) is 2.71. The number of urea groups is 1. The van der Waals surface area contributed by atoms with Crippen LogP contribution in [0.3, 0.4) is 0 Å². The molecule has 2 amide bonds. The molecule has 0 radical (unpaired) electrons. The van der Waals surface area contributed by atoms with E-state index in [4.69, 9.17) is 4.74 Å². The fourth-order valence-electron chi connectivity index (χ4n) is 2.71. The number of likely N-dealkylation sites (tertiary alicyclic amines) is 1. The van der Waals surface area contributed by atoms with Gasteiger partial charge in [0.2, 0.25) is 0 Å². The molecule has 2 N–H and O–H groups in total. The molecule has 114 valence electrons. The second-order valence-corrected chi connectivity index (χ2v) is 6.58. The molecule has 2 rings (SSSR count). The van der Waals surface area contributed by atoms with Gasteiger partial charge in [-0.25, -0.2) is 9.59 Å². The van der Waals surface area contributed by atoms with E-state index in [9.17, 15) is 14.7 Å². The molecule has 0 aromatic carbocycles. The summed E-state index contributed by atoms with van der Waals surface area (Å²) in [5.74, 6) is -0.966. The summed E-state index contributed by atoms with van der Waals surface area (Å²) in [7, 11) is 0. The van der Waals surface area contributed by atoms with Crippen LogP contribution in [0, 0.1) is 5.41 Å². The maximum absolute atomic E-state index is 12.3. The summed E-state index contributed by atoms with van der Waals surface area (Å²) in [5, 5.41) is 12.2. The molecule has 2 fully saturated rings. The maximum atomic E-state index is 12.3. The SMILES string of the molecule is CC1(C)CCN(C(=O)NC2(C(=O)O)CCOCC2)CC1. The molecular formula is C14H24N2O4. The molecule has 0 aromatic heterocycles. The lowest BCUT2D eigenvalue weighted by molar-refractivity contribution is -0.148. The van der Waals surface area contributed by atoms with E-state index in [1.165, 1.54) is 0 Å². The Morgan fingerprint density at radius 1 is 1.10 bits per heavy atom. The molecule has 0 bridgehead atoms. The molecule has 0 unspecified atom stereocenters. The normalized spacial score (nSPS) is 25.0. The number of nitrogens with zero attached hydrogens (tertiary/aromatic N) is 1. The van der Waals surface area contributed by atoms with Crippen LogP contribution in [0.4, 0.5) is 4.79 Å². The Bertz CT molecular complexity index is 379.